The highest BCUT2D eigenvalue weighted by molar-refractivity contribution is 6.31. The largest absolute Gasteiger partial charge is 0.497 e. The summed E-state index contributed by atoms with van der Waals surface area (Å²) in [5, 5.41) is 11.3. The Morgan fingerprint density at radius 3 is 2.77 bits per heavy atom. The molecule has 3 rings (SSSR count). The van der Waals surface area contributed by atoms with Crippen molar-refractivity contribution in [1.29, 1.82) is 0 Å². The number of benzene rings is 2. The fourth-order valence-corrected chi connectivity index (χ4v) is 2.58. The molecule has 7 nitrogen and oxygen atoms in total. The van der Waals surface area contributed by atoms with Crippen LogP contribution in [-0.4, -0.2) is 40.8 Å². The number of hydrogen-bond acceptors (Lipinski definition) is 5. The Bertz CT molecular complexity index is 895. The van der Waals surface area contributed by atoms with Gasteiger partial charge in [0.25, 0.3) is 5.91 Å². The highest BCUT2D eigenvalue weighted by Crippen LogP contribution is 2.16. The minimum absolute atomic E-state index is 0.232. The first-order valence-corrected chi connectivity index (χ1v) is 8.53. The molecule has 0 saturated heterocycles. The van der Waals surface area contributed by atoms with Gasteiger partial charge in [-0.3, -0.25) is 4.79 Å². The fraction of sp³-hybridized carbons (Fsp3) is 0.278. The maximum absolute atomic E-state index is 12.2. The number of aromatic nitrogens is 3. The Labute approximate surface area is 155 Å². The molecule has 0 saturated carbocycles. The van der Waals surface area contributed by atoms with Crippen molar-refractivity contribution in [3.05, 3.63) is 53.1 Å². The molecule has 1 heterocycles. The van der Waals surface area contributed by atoms with Crippen LogP contribution in [0, 0.1) is 0 Å². The highest BCUT2D eigenvalue weighted by Gasteiger charge is 2.17. The molecule has 8 heteroatoms. The maximum atomic E-state index is 12.2. The van der Waals surface area contributed by atoms with Gasteiger partial charge < -0.3 is 14.9 Å². The van der Waals surface area contributed by atoms with Gasteiger partial charge in [0.15, 0.2) is 0 Å². The van der Waals surface area contributed by atoms with Crippen molar-refractivity contribution in [2.24, 2.45) is 0 Å². The summed E-state index contributed by atoms with van der Waals surface area (Å²) in [6.45, 7) is 2.16. The second-order valence-electron chi connectivity index (χ2n) is 5.73. The van der Waals surface area contributed by atoms with Gasteiger partial charge in [0, 0.05) is 11.6 Å². The van der Waals surface area contributed by atoms with Crippen molar-refractivity contribution in [2.45, 2.75) is 19.4 Å². The lowest BCUT2D eigenvalue weighted by atomic mass is 10.1. The van der Waals surface area contributed by atoms with Crippen LogP contribution in [0.25, 0.3) is 11.0 Å². The Morgan fingerprint density at radius 1 is 1.27 bits per heavy atom. The van der Waals surface area contributed by atoms with Crippen LogP contribution in [0.5, 0.6) is 5.75 Å². The molecule has 0 radical (unpaired) electrons. The summed E-state index contributed by atoms with van der Waals surface area (Å²) in [5.74, 6) is 0.573. The smallest absolute Gasteiger partial charge is 0.263 e. The third-order valence-corrected chi connectivity index (χ3v) is 4.11. The number of carbonyl (C=O) groups is 1. The van der Waals surface area contributed by atoms with Gasteiger partial charge >= 0.3 is 0 Å². The number of rotatable bonds is 7. The van der Waals surface area contributed by atoms with Gasteiger partial charge in [0.05, 0.1) is 7.11 Å². The zero-order valence-corrected chi connectivity index (χ0v) is 15.2. The molecule has 0 aliphatic carbocycles. The third kappa shape index (κ3) is 4.23. The average Bonchev–Trinajstić information content (AvgIpc) is 3.04. The van der Waals surface area contributed by atoms with Crippen molar-refractivity contribution in [3.63, 3.8) is 0 Å². The Kier molecular flexibility index (Phi) is 5.58. The van der Waals surface area contributed by atoms with E-state index in [0.29, 0.717) is 29.0 Å². The zero-order valence-electron chi connectivity index (χ0n) is 14.5. The average molecular weight is 375 g/mol. The van der Waals surface area contributed by atoms with Gasteiger partial charge in [-0.2, -0.15) is 0 Å². The Balaban J connectivity index is 1.53. The van der Waals surface area contributed by atoms with Crippen molar-refractivity contribution in [1.82, 2.24) is 20.5 Å². The lowest BCUT2D eigenvalue weighted by molar-refractivity contribution is -0.132. The van der Waals surface area contributed by atoms with E-state index in [0.717, 1.165) is 11.3 Å². The van der Waals surface area contributed by atoms with E-state index >= 15 is 0 Å². The summed E-state index contributed by atoms with van der Waals surface area (Å²) >= 11 is 5.98. The normalized spacial score (nSPS) is 12.0. The molecule has 0 bridgehead atoms. The van der Waals surface area contributed by atoms with Crippen LogP contribution in [0.1, 0.15) is 12.5 Å². The van der Waals surface area contributed by atoms with Crippen LogP contribution < -0.4 is 14.9 Å². The molecule has 1 atom stereocenters. The Hall–Kier alpha value is -2.80. The lowest BCUT2D eigenvalue weighted by Gasteiger charge is -2.14. The monoisotopic (exact) mass is 374 g/mol. The van der Waals surface area contributed by atoms with Crippen LogP contribution >= 0.6 is 11.6 Å². The number of amides is 1. The third-order valence-electron chi connectivity index (χ3n) is 3.88. The standard InChI is InChI=1S/C18H19ClN4O3/c1-12(26-23-17-11-14(19)5-8-16(17)21-22-23)18(24)20-10-9-13-3-6-15(25-2)7-4-13/h3-8,11-12H,9-10H2,1-2H3,(H,20,24). The molecule has 0 aliphatic heterocycles. The second kappa shape index (κ2) is 8.05. The summed E-state index contributed by atoms with van der Waals surface area (Å²) in [7, 11) is 1.63. The molecule has 2 aromatic carbocycles. The molecule has 1 N–H and O–H groups in total. The minimum atomic E-state index is -0.727. The van der Waals surface area contributed by atoms with E-state index in [1.165, 1.54) is 4.85 Å². The summed E-state index contributed by atoms with van der Waals surface area (Å²) in [5.41, 5.74) is 2.36. The quantitative estimate of drug-likeness (QED) is 0.686. The molecule has 0 spiro atoms. The van der Waals surface area contributed by atoms with Gasteiger partial charge in [-0.15, -0.1) is 5.10 Å². The van der Waals surface area contributed by atoms with E-state index < -0.39 is 6.10 Å². The van der Waals surface area contributed by atoms with E-state index in [4.69, 9.17) is 21.2 Å². The van der Waals surface area contributed by atoms with Crippen molar-refractivity contribution in [3.8, 4) is 5.75 Å². The zero-order chi connectivity index (χ0) is 18.5. The molecule has 1 aromatic heterocycles. The molecule has 0 fully saturated rings. The van der Waals surface area contributed by atoms with Crippen molar-refractivity contribution >= 4 is 28.5 Å². The first-order chi connectivity index (χ1) is 12.6. The molecule has 3 aromatic rings. The van der Waals surface area contributed by atoms with Crippen LogP contribution in [-0.2, 0) is 11.2 Å². The minimum Gasteiger partial charge on any atom is -0.497 e. The van der Waals surface area contributed by atoms with Gasteiger partial charge in [-0.05, 0) is 54.5 Å². The maximum Gasteiger partial charge on any atom is 0.263 e. The van der Waals surface area contributed by atoms with E-state index in [2.05, 4.69) is 15.6 Å². The fourth-order valence-electron chi connectivity index (χ4n) is 2.41. The number of fused-ring (bicyclic) bond motifs is 1. The molecular weight excluding hydrogens is 356 g/mol. The van der Waals surface area contributed by atoms with Crippen LogP contribution in [0.2, 0.25) is 5.02 Å². The van der Waals surface area contributed by atoms with Crippen molar-refractivity contribution < 1.29 is 14.4 Å². The van der Waals surface area contributed by atoms with Crippen LogP contribution in [0.4, 0.5) is 0 Å². The van der Waals surface area contributed by atoms with Crippen LogP contribution in [0.3, 0.4) is 0 Å². The molecule has 1 unspecified atom stereocenters. The van der Waals surface area contributed by atoms with Gasteiger partial charge in [-0.25, -0.2) is 0 Å². The predicted molar refractivity (Wildman–Crippen MR) is 98.3 cm³/mol. The number of ether oxygens (including phenoxy) is 1. The number of carbonyl (C=O) groups excluding carboxylic acids is 1. The first-order valence-electron chi connectivity index (χ1n) is 8.15. The Morgan fingerprint density at radius 2 is 2.04 bits per heavy atom. The SMILES string of the molecule is COc1ccc(CCNC(=O)C(C)On2nnc3ccc(Cl)cc32)cc1. The number of nitrogens with one attached hydrogen (secondary N) is 1. The summed E-state index contributed by atoms with van der Waals surface area (Å²) in [6, 6.07) is 12.9. The number of hydrogen-bond donors (Lipinski definition) is 1. The van der Waals surface area contributed by atoms with Crippen molar-refractivity contribution in [2.75, 3.05) is 13.7 Å². The lowest BCUT2D eigenvalue weighted by Crippen LogP contribution is -2.40. The molecule has 26 heavy (non-hydrogen) atoms. The molecule has 1 amide bonds. The number of nitrogens with zero attached hydrogens (tertiary/aromatic N) is 3. The van der Waals surface area contributed by atoms with E-state index in [1.54, 1.807) is 32.2 Å². The number of halogens is 1. The van der Waals surface area contributed by atoms with Gasteiger partial charge in [-0.1, -0.05) is 28.6 Å². The topological polar surface area (TPSA) is 78.3 Å². The molecule has 136 valence electrons. The molecular formula is C18H19ClN4O3. The van der Waals surface area contributed by atoms with E-state index in [-0.39, 0.29) is 5.91 Å². The second-order valence-corrected chi connectivity index (χ2v) is 6.17. The summed E-state index contributed by atoms with van der Waals surface area (Å²) in [6.07, 6.45) is -0.0145. The summed E-state index contributed by atoms with van der Waals surface area (Å²) < 4.78 is 5.12. The van der Waals surface area contributed by atoms with E-state index in [1.807, 2.05) is 24.3 Å². The van der Waals surface area contributed by atoms with Crippen LogP contribution in [0.15, 0.2) is 42.5 Å². The van der Waals surface area contributed by atoms with Gasteiger partial charge in [0.1, 0.15) is 16.8 Å². The predicted octanol–water partition coefficient (Wildman–Crippen LogP) is 2.27. The highest BCUT2D eigenvalue weighted by atomic mass is 35.5. The first kappa shape index (κ1) is 18.0. The van der Waals surface area contributed by atoms with E-state index in [9.17, 15) is 4.79 Å². The van der Waals surface area contributed by atoms with Gasteiger partial charge in [0.2, 0.25) is 6.10 Å². The molecule has 0 aliphatic rings. The number of methoxy groups -OCH3 is 1. The summed E-state index contributed by atoms with van der Waals surface area (Å²) in [4.78, 5) is 19.0.